The van der Waals surface area contributed by atoms with Gasteiger partial charge in [-0.25, -0.2) is 23.4 Å². The summed E-state index contributed by atoms with van der Waals surface area (Å²) in [6, 6.07) is 25.9. The number of hydrogen-bond donors (Lipinski definition) is 3. The molecule has 2 heterocycles. The van der Waals surface area contributed by atoms with Crippen LogP contribution in [0.2, 0.25) is 0 Å². The smallest absolute Gasteiger partial charge is 0.251 e. The molecule has 0 fully saturated rings. The third-order valence-corrected chi connectivity index (χ3v) is 6.94. The van der Waals surface area contributed by atoms with E-state index in [0.717, 1.165) is 22.6 Å². The first-order chi connectivity index (χ1) is 19.3. The molecule has 2 aromatic heterocycles. The maximum Gasteiger partial charge on any atom is 0.251 e. The van der Waals surface area contributed by atoms with Crippen molar-refractivity contribution in [3.63, 3.8) is 0 Å². The lowest BCUT2D eigenvalue weighted by Gasteiger charge is -2.12. The predicted molar refractivity (Wildman–Crippen MR) is 154 cm³/mol. The highest BCUT2D eigenvalue weighted by Gasteiger charge is 2.13. The Bertz CT molecular complexity index is 1740. The van der Waals surface area contributed by atoms with Gasteiger partial charge in [-0.3, -0.25) is 10.1 Å². The minimum Gasteiger partial charge on any atom is -0.345 e. The first kappa shape index (κ1) is 27.0. The molecule has 204 valence electrons. The fourth-order valence-corrected chi connectivity index (χ4v) is 5.09. The number of hydrogen-bond acceptors (Lipinski definition) is 8. The first-order valence-electron chi connectivity index (χ1n) is 12.7. The average molecular weight is 556 g/mol. The van der Waals surface area contributed by atoms with Gasteiger partial charge in [-0.15, -0.1) is 0 Å². The van der Waals surface area contributed by atoms with Crippen LogP contribution in [0.15, 0.2) is 91.1 Å². The van der Waals surface area contributed by atoms with Gasteiger partial charge in [-0.05, 0) is 48.0 Å². The molecule has 0 saturated carbocycles. The molecule has 11 heteroatoms. The van der Waals surface area contributed by atoms with Gasteiger partial charge >= 0.3 is 0 Å². The van der Waals surface area contributed by atoms with Crippen LogP contribution >= 0.6 is 0 Å². The summed E-state index contributed by atoms with van der Waals surface area (Å²) in [6.07, 6.45) is 2.88. The molecule has 0 atom stereocenters. The normalized spacial score (nSPS) is 11.4. The highest BCUT2D eigenvalue weighted by molar-refractivity contribution is 7.89. The van der Waals surface area contributed by atoms with Crippen LogP contribution in [0.3, 0.4) is 0 Å². The molecule has 3 N–H and O–H groups in total. The molecule has 5 aromatic rings. The summed E-state index contributed by atoms with van der Waals surface area (Å²) in [5, 5.41) is 9.52. The number of fused-ring (bicyclic) bond motifs is 1. The van der Waals surface area contributed by atoms with Gasteiger partial charge in [-0.2, -0.15) is 0 Å². The van der Waals surface area contributed by atoms with Crippen LogP contribution in [-0.4, -0.2) is 40.1 Å². The molecule has 0 radical (unpaired) electrons. The van der Waals surface area contributed by atoms with E-state index in [1.807, 2.05) is 59.2 Å². The van der Waals surface area contributed by atoms with E-state index < -0.39 is 9.84 Å². The van der Waals surface area contributed by atoms with E-state index in [1.54, 1.807) is 36.5 Å². The molecule has 0 saturated heterocycles. The second-order valence-electron chi connectivity index (χ2n) is 9.35. The number of carbonyl (C=O) groups is 1. The summed E-state index contributed by atoms with van der Waals surface area (Å²) in [4.78, 5) is 26.2. The highest BCUT2D eigenvalue weighted by Crippen LogP contribution is 2.18. The molecule has 0 aliphatic rings. The molecule has 0 spiro atoms. The van der Waals surface area contributed by atoms with Crippen molar-refractivity contribution in [3.8, 4) is 0 Å². The summed E-state index contributed by atoms with van der Waals surface area (Å²) in [5.41, 5.74) is 4.57. The van der Waals surface area contributed by atoms with Crippen LogP contribution < -0.4 is 16.0 Å². The summed E-state index contributed by atoms with van der Waals surface area (Å²) in [7, 11) is -3.13. The summed E-state index contributed by atoms with van der Waals surface area (Å²) < 4.78 is 25.3. The van der Waals surface area contributed by atoms with Crippen LogP contribution in [0.5, 0.6) is 0 Å². The topological polar surface area (TPSA) is 131 Å². The Labute approximate surface area is 232 Å². The highest BCUT2D eigenvalue weighted by atomic mass is 32.2. The van der Waals surface area contributed by atoms with E-state index in [9.17, 15) is 13.2 Å². The van der Waals surface area contributed by atoms with E-state index in [4.69, 9.17) is 4.98 Å². The zero-order chi connectivity index (χ0) is 28.0. The molecule has 5 rings (SSSR count). The number of aromatic nitrogens is 4. The Kier molecular flexibility index (Phi) is 8.13. The van der Waals surface area contributed by atoms with Crippen molar-refractivity contribution in [3.05, 3.63) is 114 Å². The number of anilines is 2. The van der Waals surface area contributed by atoms with E-state index in [2.05, 4.69) is 25.9 Å². The Morgan fingerprint density at radius 2 is 1.70 bits per heavy atom. The standard InChI is InChI=1S/C29H29N7O3S/c1-40(38,39)19-21-8-7-11-23(16-21)33-29-31-15-14-24(34-29)17-30-20-36-26-13-6-5-12-25(26)35-27(36)18-32-28(37)22-9-3-2-4-10-22/h2-16,30H,17-20H2,1H3,(H,32,37)(H,31,33,34). The number of nitrogens with zero attached hydrogens (tertiary/aromatic N) is 4. The predicted octanol–water partition coefficient (Wildman–Crippen LogP) is 3.79. The van der Waals surface area contributed by atoms with Crippen molar-refractivity contribution in [2.45, 2.75) is 25.5 Å². The molecular weight excluding hydrogens is 526 g/mol. The van der Waals surface area contributed by atoms with Gasteiger partial charge in [0.15, 0.2) is 9.84 Å². The monoisotopic (exact) mass is 555 g/mol. The zero-order valence-electron chi connectivity index (χ0n) is 21.9. The van der Waals surface area contributed by atoms with E-state index >= 15 is 0 Å². The Morgan fingerprint density at radius 1 is 0.900 bits per heavy atom. The van der Waals surface area contributed by atoms with Crippen molar-refractivity contribution < 1.29 is 13.2 Å². The van der Waals surface area contributed by atoms with Crippen molar-refractivity contribution in [2.24, 2.45) is 0 Å². The van der Waals surface area contributed by atoms with Crippen molar-refractivity contribution >= 4 is 38.4 Å². The number of benzene rings is 3. The van der Waals surface area contributed by atoms with Crippen LogP contribution in [0.25, 0.3) is 11.0 Å². The van der Waals surface area contributed by atoms with Gasteiger partial charge in [0.1, 0.15) is 5.82 Å². The van der Waals surface area contributed by atoms with Gasteiger partial charge in [0, 0.05) is 30.2 Å². The maximum atomic E-state index is 12.6. The summed E-state index contributed by atoms with van der Waals surface area (Å²) in [5.74, 6) is 0.953. The molecule has 0 aliphatic heterocycles. The summed E-state index contributed by atoms with van der Waals surface area (Å²) >= 11 is 0. The number of amides is 1. The quantitative estimate of drug-likeness (QED) is 0.224. The van der Waals surface area contributed by atoms with Crippen molar-refractivity contribution in [1.29, 1.82) is 0 Å². The molecule has 0 bridgehead atoms. The molecule has 40 heavy (non-hydrogen) atoms. The molecule has 1 amide bonds. The van der Waals surface area contributed by atoms with Crippen molar-refractivity contribution in [1.82, 2.24) is 30.2 Å². The van der Waals surface area contributed by atoms with E-state index in [-0.39, 0.29) is 18.2 Å². The fraction of sp³-hybridized carbons (Fsp3) is 0.172. The minimum absolute atomic E-state index is 0.0335. The van der Waals surface area contributed by atoms with E-state index in [0.29, 0.717) is 36.0 Å². The van der Waals surface area contributed by atoms with Crippen LogP contribution in [-0.2, 0) is 35.3 Å². The van der Waals surface area contributed by atoms with Gasteiger partial charge < -0.3 is 15.2 Å². The minimum atomic E-state index is -3.13. The molecule has 3 aromatic carbocycles. The fourth-order valence-electron chi connectivity index (χ4n) is 4.31. The largest absolute Gasteiger partial charge is 0.345 e. The SMILES string of the molecule is CS(=O)(=O)Cc1cccc(Nc2nccc(CNCn3c(CNC(=O)c4ccccc4)nc4ccccc43)n2)c1. The lowest BCUT2D eigenvalue weighted by Crippen LogP contribution is -2.26. The zero-order valence-corrected chi connectivity index (χ0v) is 22.7. The third-order valence-electron chi connectivity index (χ3n) is 6.08. The number of rotatable bonds is 11. The average Bonchev–Trinajstić information content (AvgIpc) is 3.29. The van der Waals surface area contributed by atoms with Crippen molar-refractivity contribution in [2.75, 3.05) is 11.6 Å². The second kappa shape index (κ2) is 12.1. The Hall–Kier alpha value is -4.61. The number of nitrogens with one attached hydrogen (secondary N) is 3. The van der Waals surface area contributed by atoms with Gasteiger partial charge in [0.25, 0.3) is 5.91 Å². The van der Waals surface area contributed by atoms with Gasteiger partial charge in [0.05, 0.1) is 35.7 Å². The molecule has 0 aliphatic carbocycles. The molecule has 0 unspecified atom stereocenters. The lowest BCUT2D eigenvalue weighted by atomic mass is 10.2. The van der Waals surface area contributed by atoms with Crippen LogP contribution in [0.4, 0.5) is 11.6 Å². The molecule has 10 nitrogen and oxygen atoms in total. The number of para-hydroxylation sites is 2. The molecular formula is C29H29N7O3S. The number of carbonyl (C=O) groups excluding carboxylic acids is 1. The maximum absolute atomic E-state index is 12.6. The second-order valence-corrected chi connectivity index (χ2v) is 11.5. The summed E-state index contributed by atoms with van der Waals surface area (Å²) in [6.45, 7) is 1.20. The Morgan fingerprint density at radius 3 is 2.52 bits per heavy atom. The third kappa shape index (κ3) is 7.07. The first-order valence-corrected chi connectivity index (χ1v) is 14.7. The van der Waals surface area contributed by atoms with Gasteiger partial charge in [-0.1, -0.05) is 42.5 Å². The van der Waals surface area contributed by atoms with Crippen LogP contribution in [0, 0.1) is 0 Å². The van der Waals surface area contributed by atoms with E-state index in [1.165, 1.54) is 6.26 Å². The Balaban J connectivity index is 1.24. The van der Waals surface area contributed by atoms with Gasteiger partial charge in [0.2, 0.25) is 5.95 Å². The van der Waals surface area contributed by atoms with Crippen LogP contribution in [0.1, 0.15) is 27.4 Å². The number of sulfone groups is 1. The lowest BCUT2D eigenvalue weighted by molar-refractivity contribution is 0.0949. The number of imidazole rings is 1.